The SMILES string of the molecule is CC(C)(C)OC(=O)Nc1cc(C(F)(F)F)ccc1/C=C/[N+](=O)[O-]. The van der Waals surface area contributed by atoms with Crippen molar-refractivity contribution in [2.75, 3.05) is 5.32 Å². The Morgan fingerprint density at radius 2 is 1.91 bits per heavy atom. The summed E-state index contributed by atoms with van der Waals surface area (Å²) in [5.74, 6) is 0. The Labute approximate surface area is 130 Å². The standard InChI is InChI=1S/C14H15F3N2O4/c1-13(2,3)23-12(20)18-11-8-10(14(15,16)17)5-4-9(11)6-7-19(21)22/h4-8H,1-3H3,(H,18,20)/b7-6+. The van der Waals surface area contributed by atoms with Gasteiger partial charge in [0, 0.05) is 11.6 Å². The zero-order valence-electron chi connectivity index (χ0n) is 12.6. The van der Waals surface area contributed by atoms with Crippen LogP contribution in [0.15, 0.2) is 24.4 Å². The Kier molecular flexibility index (Phi) is 5.36. The van der Waals surface area contributed by atoms with E-state index in [1.165, 1.54) is 0 Å². The lowest BCUT2D eigenvalue weighted by Crippen LogP contribution is -2.27. The van der Waals surface area contributed by atoms with E-state index in [-0.39, 0.29) is 11.3 Å². The quantitative estimate of drug-likeness (QED) is 0.661. The second-order valence-electron chi connectivity index (χ2n) is 5.53. The van der Waals surface area contributed by atoms with Gasteiger partial charge in [-0.15, -0.1) is 0 Å². The first-order valence-corrected chi connectivity index (χ1v) is 6.41. The van der Waals surface area contributed by atoms with Crippen molar-refractivity contribution >= 4 is 17.9 Å². The fourth-order valence-corrected chi connectivity index (χ4v) is 1.54. The average molecular weight is 332 g/mol. The van der Waals surface area contributed by atoms with Gasteiger partial charge in [0.15, 0.2) is 0 Å². The van der Waals surface area contributed by atoms with Crippen molar-refractivity contribution in [3.05, 3.63) is 45.6 Å². The van der Waals surface area contributed by atoms with Crippen LogP contribution in [0.1, 0.15) is 31.9 Å². The van der Waals surface area contributed by atoms with Gasteiger partial charge in [-0.3, -0.25) is 15.4 Å². The van der Waals surface area contributed by atoms with Crippen LogP contribution in [0.4, 0.5) is 23.7 Å². The van der Waals surface area contributed by atoms with Gasteiger partial charge in [-0.05, 0) is 32.9 Å². The van der Waals surface area contributed by atoms with Crippen LogP contribution in [-0.2, 0) is 10.9 Å². The van der Waals surface area contributed by atoms with Crippen molar-refractivity contribution in [2.24, 2.45) is 0 Å². The molecule has 0 saturated carbocycles. The van der Waals surface area contributed by atoms with Crippen molar-refractivity contribution < 1.29 is 27.6 Å². The second-order valence-corrected chi connectivity index (χ2v) is 5.53. The number of hydrogen-bond acceptors (Lipinski definition) is 4. The van der Waals surface area contributed by atoms with Crippen LogP contribution in [0.5, 0.6) is 0 Å². The van der Waals surface area contributed by atoms with Crippen LogP contribution in [0.3, 0.4) is 0 Å². The summed E-state index contributed by atoms with van der Waals surface area (Å²) >= 11 is 0. The molecular weight excluding hydrogens is 317 g/mol. The Balaban J connectivity index is 3.17. The molecule has 0 radical (unpaired) electrons. The molecule has 0 bridgehead atoms. The molecule has 1 aromatic rings. The van der Waals surface area contributed by atoms with Crippen LogP contribution in [0, 0.1) is 10.1 Å². The van der Waals surface area contributed by atoms with Crippen LogP contribution in [0.25, 0.3) is 6.08 Å². The molecule has 0 saturated heterocycles. The molecule has 9 heteroatoms. The summed E-state index contributed by atoms with van der Waals surface area (Å²) in [5, 5.41) is 12.5. The maximum absolute atomic E-state index is 12.8. The molecular formula is C14H15F3N2O4. The van der Waals surface area contributed by atoms with Crippen LogP contribution < -0.4 is 5.32 Å². The fourth-order valence-electron chi connectivity index (χ4n) is 1.54. The number of nitro groups is 1. The van der Waals surface area contributed by atoms with Gasteiger partial charge in [-0.2, -0.15) is 13.2 Å². The highest BCUT2D eigenvalue weighted by atomic mass is 19.4. The number of carbonyl (C=O) groups excluding carboxylic acids is 1. The molecule has 0 aliphatic heterocycles. The molecule has 126 valence electrons. The molecule has 1 aromatic carbocycles. The molecule has 0 aromatic heterocycles. The number of nitrogens with one attached hydrogen (secondary N) is 1. The minimum absolute atomic E-state index is 0.0422. The Bertz CT molecular complexity index is 634. The first kappa shape index (κ1) is 18.5. The van der Waals surface area contributed by atoms with Gasteiger partial charge in [0.2, 0.25) is 6.20 Å². The summed E-state index contributed by atoms with van der Waals surface area (Å²) in [6, 6.07) is 2.47. The van der Waals surface area contributed by atoms with Crippen LogP contribution >= 0.6 is 0 Å². The summed E-state index contributed by atoms with van der Waals surface area (Å²) < 4.78 is 43.2. The van der Waals surface area contributed by atoms with E-state index in [1.807, 2.05) is 0 Å². The van der Waals surface area contributed by atoms with E-state index in [9.17, 15) is 28.1 Å². The van der Waals surface area contributed by atoms with Gasteiger partial charge >= 0.3 is 12.3 Å². The first-order valence-electron chi connectivity index (χ1n) is 6.41. The molecule has 0 spiro atoms. The zero-order valence-corrected chi connectivity index (χ0v) is 12.6. The maximum Gasteiger partial charge on any atom is 0.416 e. The average Bonchev–Trinajstić information content (AvgIpc) is 2.33. The number of halogens is 3. The number of hydrogen-bond donors (Lipinski definition) is 1. The van der Waals surface area contributed by atoms with E-state index < -0.39 is 28.4 Å². The zero-order chi connectivity index (χ0) is 17.8. The van der Waals surface area contributed by atoms with Gasteiger partial charge in [0.1, 0.15) is 5.60 Å². The van der Waals surface area contributed by atoms with Crippen molar-refractivity contribution in [1.82, 2.24) is 0 Å². The predicted octanol–water partition coefficient (Wildman–Crippen LogP) is 4.30. The maximum atomic E-state index is 12.8. The molecule has 1 amide bonds. The number of alkyl halides is 3. The Morgan fingerprint density at radius 3 is 2.39 bits per heavy atom. The van der Waals surface area contributed by atoms with Gasteiger partial charge in [-0.25, -0.2) is 4.79 Å². The number of benzene rings is 1. The number of amides is 1. The second kappa shape index (κ2) is 6.67. The highest BCUT2D eigenvalue weighted by Crippen LogP contribution is 2.32. The van der Waals surface area contributed by atoms with E-state index in [0.29, 0.717) is 12.3 Å². The molecule has 1 N–H and O–H groups in total. The molecule has 0 atom stereocenters. The monoisotopic (exact) mass is 332 g/mol. The molecule has 0 aliphatic carbocycles. The van der Waals surface area contributed by atoms with Gasteiger partial charge in [-0.1, -0.05) is 6.07 Å². The first-order chi connectivity index (χ1) is 10.4. The normalized spacial score (nSPS) is 12.3. The van der Waals surface area contributed by atoms with Crippen LogP contribution in [0.2, 0.25) is 0 Å². The number of nitrogens with zero attached hydrogens (tertiary/aromatic N) is 1. The molecule has 0 fully saturated rings. The van der Waals surface area contributed by atoms with Crippen molar-refractivity contribution in [3.8, 4) is 0 Å². The lowest BCUT2D eigenvalue weighted by atomic mass is 10.1. The molecule has 0 aliphatic rings. The lowest BCUT2D eigenvalue weighted by molar-refractivity contribution is -0.400. The number of rotatable bonds is 3. The third-order valence-corrected chi connectivity index (χ3v) is 2.39. The summed E-state index contributed by atoms with van der Waals surface area (Å²) in [7, 11) is 0. The van der Waals surface area contributed by atoms with Gasteiger partial charge in [0.25, 0.3) is 0 Å². The largest absolute Gasteiger partial charge is 0.444 e. The molecule has 0 unspecified atom stereocenters. The van der Waals surface area contributed by atoms with E-state index in [1.54, 1.807) is 20.8 Å². The summed E-state index contributed by atoms with van der Waals surface area (Å²) in [4.78, 5) is 21.3. The highest BCUT2D eigenvalue weighted by molar-refractivity contribution is 5.88. The topological polar surface area (TPSA) is 81.5 Å². The smallest absolute Gasteiger partial charge is 0.416 e. The predicted molar refractivity (Wildman–Crippen MR) is 77.3 cm³/mol. The fraction of sp³-hybridized carbons (Fsp3) is 0.357. The van der Waals surface area contributed by atoms with Crippen molar-refractivity contribution in [3.63, 3.8) is 0 Å². The van der Waals surface area contributed by atoms with E-state index >= 15 is 0 Å². The van der Waals surface area contributed by atoms with E-state index in [4.69, 9.17) is 4.74 Å². The van der Waals surface area contributed by atoms with Gasteiger partial charge < -0.3 is 4.74 Å². The molecule has 6 nitrogen and oxygen atoms in total. The Hall–Kier alpha value is -2.58. The summed E-state index contributed by atoms with van der Waals surface area (Å²) in [6.07, 6.45) is -4.04. The number of carbonyl (C=O) groups is 1. The number of ether oxygens (including phenoxy) is 1. The molecule has 1 rings (SSSR count). The van der Waals surface area contributed by atoms with Crippen LogP contribution in [-0.4, -0.2) is 16.6 Å². The molecule has 23 heavy (non-hydrogen) atoms. The third kappa shape index (κ3) is 6.37. The van der Waals surface area contributed by atoms with Crippen molar-refractivity contribution in [1.29, 1.82) is 0 Å². The minimum atomic E-state index is -4.62. The number of anilines is 1. The van der Waals surface area contributed by atoms with Crippen molar-refractivity contribution in [2.45, 2.75) is 32.5 Å². The van der Waals surface area contributed by atoms with E-state index in [0.717, 1.165) is 18.2 Å². The third-order valence-electron chi connectivity index (χ3n) is 2.39. The highest BCUT2D eigenvalue weighted by Gasteiger charge is 2.31. The minimum Gasteiger partial charge on any atom is -0.444 e. The molecule has 0 heterocycles. The van der Waals surface area contributed by atoms with E-state index in [2.05, 4.69) is 5.32 Å². The van der Waals surface area contributed by atoms with Gasteiger partial charge in [0.05, 0.1) is 16.2 Å². The summed E-state index contributed by atoms with van der Waals surface area (Å²) in [6.45, 7) is 4.77. The Morgan fingerprint density at radius 1 is 1.30 bits per heavy atom. The summed E-state index contributed by atoms with van der Waals surface area (Å²) in [5.41, 5.74) is -2.04. The lowest BCUT2D eigenvalue weighted by Gasteiger charge is -2.20.